The van der Waals surface area contributed by atoms with Crippen LogP contribution in [-0.2, 0) is 0 Å². The van der Waals surface area contributed by atoms with Crippen LogP contribution in [0.5, 0.6) is 5.75 Å². The van der Waals surface area contributed by atoms with Gasteiger partial charge >= 0.3 is 0 Å². The Hall–Kier alpha value is -1.51. The van der Waals surface area contributed by atoms with Gasteiger partial charge in [-0.05, 0) is 61.3 Å². The van der Waals surface area contributed by atoms with Crippen molar-refractivity contribution in [3.8, 4) is 5.75 Å². The third kappa shape index (κ3) is 3.78. The minimum atomic E-state index is 0.0991. The number of phenols is 1. The van der Waals surface area contributed by atoms with Crippen LogP contribution in [0.15, 0.2) is 18.2 Å². The highest BCUT2D eigenvalue weighted by molar-refractivity contribution is 5.95. The second-order valence-electron chi connectivity index (χ2n) is 7.29. The first-order valence-corrected chi connectivity index (χ1v) is 7.88. The first-order valence-electron chi connectivity index (χ1n) is 7.88. The molecule has 0 aromatic heterocycles. The number of hydrogen-bond donors (Lipinski definition) is 1. The molecule has 1 aromatic rings. The molecule has 1 aliphatic heterocycles. The Kier molecular flexibility index (Phi) is 4.60. The van der Waals surface area contributed by atoms with Crippen LogP contribution in [0.25, 0.3) is 0 Å². The molecule has 1 unspecified atom stereocenters. The van der Waals surface area contributed by atoms with Gasteiger partial charge in [0.1, 0.15) is 5.75 Å². The second-order valence-corrected chi connectivity index (χ2v) is 7.29. The SMILES string of the molecule is Cc1cc(O)ccc1C(=O)N1CCCC(C(C)(C)C)CC1. The maximum absolute atomic E-state index is 12.7. The standard InChI is InChI=1S/C18H27NO2/c1-13-12-15(20)7-8-16(13)17(21)19-10-5-6-14(9-11-19)18(2,3)4/h7-8,12,14,20H,5-6,9-11H2,1-4H3. The number of phenolic OH excluding ortho intramolecular Hbond substituents is 1. The van der Waals surface area contributed by atoms with E-state index in [1.807, 2.05) is 11.8 Å². The molecule has 0 aliphatic carbocycles. The molecule has 1 N–H and O–H groups in total. The molecule has 3 heteroatoms. The summed E-state index contributed by atoms with van der Waals surface area (Å²) in [4.78, 5) is 14.7. The summed E-state index contributed by atoms with van der Waals surface area (Å²) in [5.74, 6) is 0.992. The minimum absolute atomic E-state index is 0.0991. The fourth-order valence-corrected chi connectivity index (χ4v) is 3.22. The Bertz CT molecular complexity index is 516. The highest BCUT2D eigenvalue weighted by atomic mass is 16.3. The minimum Gasteiger partial charge on any atom is -0.508 e. The van der Waals surface area contributed by atoms with E-state index in [2.05, 4.69) is 20.8 Å². The zero-order chi connectivity index (χ0) is 15.6. The van der Waals surface area contributed by atoms with Gasteiger partial charge in [0.05, 0.1) is 0 Å². The summed E-state index contributed by atoms with van der Waals surface area (Å²) in [5, 5.41) is 9.47. The van der Waals surface area contributed by atoms with E-state index in [1.165, 1.54) is 6.42 Å². The number of aryl methyl sites for hydroxylation is 1. The Morgan fingerprint density at radius 1 is 1.24 bits per heavy atom. The number of hydrogen-bond acceptors (Lipinski definition) is 2. The maximum Gasteiger partial charge on any atom is 0.254 e. The first kappa shape index (κ1) is 15.9. The van der Waals surface area contributed by atoms with Crippen LogP contribution in [0.2, 0.25) is 0 Å². The van der Waals surface area contributed by atoms with Crippen LogP contribution in [-0.4, -0.2) is 29.0 Å². The molecular weight excluding hydrogens is 262 g/mol. The quantitative estimate of drug-likeness (QED) is 0.849. The number of aromatic hydroxyl groups is 1. The van der Waals surface area contributed by atoms with Gasteiger partial charge in [-0.3, -0.25) is 4.79 Å². The Balaban J connectivity index is 2.10. The van der Waals surface area contributed by atoms with Crippen LogP contribution in [0.1, 0.15) is 56.0 Å². The van der Waals surface area contributed by atoms with Gasteiger partial charge in [-0.25, -0.2) is 0 Å². The van der Waals surface area contributed by atoms with Gasteiger partial charge in [-0.1, -0.05) is 20.8 Å². The third-order valence-corrected chi connectivity index (χ3v) is 4.68. The zero-order valence-corrected chi connectivity index (χ0v) is 13.6. The number of amides is 1. The van der Waals surface area contributed by atoms with E-state index in [1.54, 1.807) is 18.2 Å². The summed E-state index contributed by atoms with van der Waals surface area (Å²) in [6.45, 7) is 10.4. The van der Waals surface area contributed by atoms with E-state index in [0.717, 1.165) is 31.5 Å². The Morgan fingerprint density at radius 2 is 1.95 bits per heavy atom. The molecule has 0 radical (unpaired) electrons. The van der Waals surface area contributed by atoms with E-state index in [4.69, 9.17) is 0 Å². The van der Waals surface area contributed by atoms with E-state index in [9.17, 15) is 9.90 Å². The van der Waals surface area contributed by atoms with Crippen molar-refractivity contribution in [1.82, 2.24) is 4.90 Å². The molecule has 1 heterocycles. The lowest BCUT2D eigenvalue weighted by atomic mass is 9.77. The van der Waals surface area contributed by atoms with Crippen molar-refractivity contribution in [1.29, 1.82) is 0 Å². The average molecular weight is 289 g/mol. The molecule has 1 atom stereocenters. The van der Waals surface area contributed by atoms with Gasteiger partial charge in [-0.2, -0.15) is 0 Å². The molecule has 1 fully saturated rings. The molecule has 116 valence electrons. The number of likely N-dealkylation sites (tertiary alicyclic amines) is 1. The molecule has 2 rings (SSSR count). The van der Waals surface area contributed by atoms with E-state index < -0.39 is 0 Å². The number of carbonyl (C=O) groups excluding carboxylic acids is 1. The third-order valence-electron chi connectivity index (χ3n) is 4.68. The molecule has 1 saturated heterocycles. The van der Waals surface area contributed by atoms with Crippen molar-refractivity contribution < 1.29 is 9.90 Å². The predicted octanol–water partition coefficient (Wildman–Crippen LogP) is 3.99. The van der Waals surface area contributed by atoms with Crippen LogP contribution in [0.3, 0.4) is 0 Å². The average Bonchev–Trinajstić information content (AvgIpc) is 2.63. The van der Waals surface area contributed by atoms with Crippen molar-refractivity contribution in [2.75, 3.05) is 13.1 Å². The lowest BCUT2D eigenvalue weighted by Crippen LogP contribution is -2.33. The summed E-state index contributed by atoms with van der Waals surface area (Å²) in [6, 6.07) is 4.98. The molecule has 21 heavy (non-hydrogen) atoms. The largest absolute Gasteiger partial charge is 0.508 e. The van der Waals surface area contributed by atoms with Gasteiger partial charge in [0.25, 0.3) is 5.91 Å². The fraction of sp³-hybridized carbons (Fsp3) is 0.611. The second kappa shape index (κ2) is 6.08. The molecule has 1 amide bonds. The summed E-state index contributed by atoms with van der Waals surface area (Å²) in [7, 11) is 0. The summed E-state index contributed by atoms with van der Waals surface area (Å²) in [5.41, 5.74) is 1.87. The first-order chi connectivity index (χ1) is 9.79. The van der Waals surface area contributed by atoms with Crippen molar-refractivity contribution >= 4 is 5.91 Å². The molecule has 1 aromatic carbocycles. The smallest absolute Gasteiger partial charge is 0.254 e. The van der Waals surface area contributed by atoms with E-state index in [0.29, 0.717) is 16.9 Å². The topological polar surface area (TPSA) is 40.5 Å². The summed E-state index contributed by atoms with van der Waals surface area (Å²) >= 11 is 0. The van der Waals surface area contributed by atoms with Crippen molar-refractivity contribution in [3.63, 3.8) is 0 Å². The van der Waals surface area contributed by atoms with E-state index >= 15 is 0 Å². The van der Waals surface area contributed by atoms with Crippen molar-refractivity contribution in [3.05, 3.63) is 29.3 Å². The normalized spacial score (nSPS) is 20.2. The number of carbonyl (C=O) groups is 1. The Labute approximate surface area is 128 Å². The molecule has 0 bridgehead atoms. The van der Waals surface area contributed by atoms with Crippen molar-refractivity contribution in [2.45, 2.75) is 47.0 Å². The number of benzene rings is 1. The molecule has 1 aliphatic rings. The molecule has 0 saturated carbocycles. The van der Waals surface area contributed by atoms with Gasteiger partial charge in [0.2, 0.25) is 0 Å². The van der Waals surface area contributed by atoms with Crippen LogP contribution < -0.4 is 0 Å². The predicted molar refractivity (Wildman–Crippen MR) is 85.5 cm³/mol. The van der Waals surface area contributed by atoms with Gasteiger partial charge in [0, 0.05) is 18.7 Å². The Morgan fingerprint density at radius 3 is 2.57 bits per heavy atom. The monoisotopic (exact) mass is 289 g/mol. The zero-order valence-electron chi connectivity index (χ0n) is 13.6. The highest BCUT2D eigenvalue weighted by Crippen LogP contribution is 2.34. The maximum atomic E-state index is 12.7. The number of nitrogens with zero attached hydrogens (tertiary/aromatic N) is 1. The molecule has 3 nitrogen and oxygen atoms in total. The van der Waals surface area contributed by atoms with Crippen LogP contribution in [0.4, 0.5) is 0 Å². The van der Waals surface area contributed by atoms with Gasteiger partial charge in [0.15, 0.2) is 0 Å². The van der Waals surface area contributed by atoms with Gasteiger partial charge < -0.3 is 10.0 Å². The number of rotatable bonds is 1. The van der Waals surface area contributed by atoms with E-state index in [-0.39, 0.29) is 11.7 Å². The van der Waals surface area contributed by atoms with Crippen molar-refractivity contribution in [2.24, 2.45) is 11.3 Å². The fourth-order valence-electron chi connectivity index (χ4n) is 3.22. The van der Waals surface area contributed by atoms with Gasteiger partial charge in [-0.15, -0.1) is 0 Å². The lowest BCUT2D eigenvalue weighted by Gasteiger charge is -2.29. The van der Waals surface area contributed by atoms with Crippen LogP contribution in [0, 0.1) is 18.3 Å². The lowest BCUT2D eigenvalue weighted by molar-refractivity contribution is 0.0755. The summed E-state index contributed by atoms with van der Waals surface area (Å²) in [6.07, 6.45) is 3.35. The highest BCUT2D eigenvalue weighted by Gasteiger charge is 2.29. The molecule has 0 spiro atoms. The molecular formula is C18H27NO2. The summed E-state index contributed by atoms with van der Waals surface area (Å²) < 4.78 is 0. The van der Waals surface area contributed by atoms with Crippen LogP contribution >= 0.6 is 0 Å².